The Morgan fingerprint density at radius 2 is 2.06 bits per heavy atom. The predicted molar refractivity (Wildman–Crippen MR) is 65.5 cm³/mol. The first-order chi connectivity index (χ1) is 8.15. The van der Waals surface area contributed by atoms with Gasteiger partial charge in [-0.05, 0) is 42.9 Å². The van der Waals surface area contributed by atoms with Crippen LogP contribution in [0.2, 0.25) is 0 Å². The summed E-state index contributed by atoms with van der Waals surface area (Å²) in [7, 11) is 0. The van der Waals surface area contributed by atoms with Crippen molar-refractivity contribution < 1.29 is 9.90 Å². The third-order valence-electron chi connectivity index (χ3n) is 2.99. The molecule has 0 saturated heterocycles. The lowest BCUT2D eigenvalue weighted by molar-refractivity contribution is -0.122. The Bertz CT molecular complexity index is 385. The van der Waals surface area contributed by atoms with Crippen LogP contribution in [0, 0.1) is 5.92 Å². The lowest BCUT2D eigenvalue weighted by atomic mass is 10.1. The molecule has 4 nitrogen and oxygen atoms in total. The second-order valence-corrected chi connectivity index (χ2v) is 4.67. The minimum atomic E-state index is -0.515. The highest BCUT2D eigenvalue weighted by molar-refractivity contribution is 5.81. The highest BCUT2D eigenvalue weighted by Crippen LogP contribution is 2.27. The summed E-state index contributed by atoms with van der Waals surface area (Å²) in [5.41, 5.74) is 6.77. The van der Waals surface area contributed by atoms with Crippen molar-refractivity contribution in [3.05, 3.63) is 29.8 Å². The number of aromatic hydroxyl groups is 1. The average Bonchev–Trinajstić information content (AvgIpc) is 3.13. The Balaban J connectivity index is 1.80. The van der Waals surface area contributed by atoms with E-state index in [0.717, 1.165) is 12.1 Å². The Morgan fingerprint density at radius 1 is 1.41 bits per heavy atom. The maximum Gasteiger partial charge on any atom is 0.237 e. The van der Waals surface area contributed by atoms with Gasteiger partial charge in [-0.15, -0.1) is 0 Å². The van der Waals surface area contributed by atoms with Gasteiger partial charge in [-0.3, -0.25) is 4.79 Å². The zero-order valence-corrected chi connectivity index (χ0v) is 9.73. The first-order valence-electron chi connectivity index (χ1n) is 5.96. The topological polar surface area (TPSA) is 75.3 Å². The van der Waals surface area contributed by atoms with Gasteiger partial charge in [0.2, 0.25) is 5.91 Å². The van der Waals surface area contributed by atoms with Gasteiger partial charge in [-0.25, -0.2) is 0 Å². The van der Waals surface area contributed by atoms with Gasteiger partial charge >= 0.3 is 0 Å². The lowest BCUT2D eigenvalue weighted by Crippen LogP contribution is -2.42. The summed E-state index contributed by atoms with van der Waals surface area (Å²) >= 11 is 0. The monoisotopic (exact) mass is 234 g/mol. The molecular weight excluding hydrogens is 216 g/mol. The molecule has 1 aliphatic carbocycles. The van der Waals surface area contributed by atoms with Crippen molar-refractivity contribution in [3.8, 4) is 5.75 Å². The van der Waals surface area contributed by atoms with Crippen LogP contribution in [0.3, 0.4) is 0 Å². The van der Waals surface area contributed by atoms with E-state index >= 15 is 0 Å². The standard InChI is InChI=1S/C13H18N2O2/c14-12(13(17)15-8-10-1-2-10)7-9-3-5-11(16)6-4-9/h3-6,10,12,16H,1-2,7-8,14H2,(H,15,17). The number of carbonyl (C=O) groups is 1. The molecule has 0 heterocycles. The van der Waals surface area contributed by atoms with Gasteiger partial charge in [-0.1, -0.05) is 12.1 Å². The molecular formula is C13H18N2O2. The van der Waals surface area contributed by atoms with Gasteiger partial charge in [-0.2, -0.15) is 0 Å². The smallest absolute Gasteiger partial charge is 0.237 e. The summed E-state index contributed by atoms with van der Waals surface area (Å²) < 4.78 is 0. The summed E-state index contributed by atoms with van der Waals surface area (Å²) in [5, 5.41) is 12.0. The summed E-state index contributed by atoms with van der Waals surface area (Å²) in [6, 6.07) is 6.25. The number of nitrogens with two attached hydrogens (primary N) is 1. The number of amides is 1. The first-order valence-corrected chi connectivity index (χ1v) is 5.96. The van der Waals surface area contributed by atoms with Crippen LogP contribution < -0.4 is 11.1 Å². The van der Waals surface area contributed by atoms with Crippen molar-refractivity contribution in [2.24, 2.45) is 11.7 Å². The molecule has 1 aromatic carbocycles. The fraction of sp³-hybridized carbons (Fsp3) is 0.462. The van der Waals surface area contributed by atoms with Crippen LogP contribution in [-0.4, -0.2) is 23.6 Å². The zero-order valence-electron chi connectivity index (χ0n) is 9.73. The molecule has 17 heavy (non-hydrogen) atoms. The molecule has 0 radical (unpaired) electrons. The van der Waals surface area contributed by atoms with E-state index in [1.165, 1.54) is 12.8 Å². The number of benzene rings is 1. The zero-order chi connectivity index (χ0) is 12.3. The van der Waals surface area contributed by atoms with Crippen LogP contribution in [0.4, 0.5) is 0 Å². The van der Waals surface area contributed by atoms with E-state index in [0.29, 0.717) is 12.3 Å². The number of nitrogens with one attached hydrogen (secondary N) is 1. The van der Waals surface area contributed by atoms with E-state index < -0.39 is 6.04 Å². The maximum absolute atomic E-state index is 11.7. The van der Waals surface area contributed by atoms with E-state index in [4.69, 9.17) is 10.8 Å². The maximum atomic E-state index is 11.7. The number of hydrogen-bond donors (Lipinski definition) is 3. The summed E-state index contributed by atoms with van der Waals surface area (Å²) in [6.45, 7) is 0.752. The van der Waals surface area contributed by atoms with Crippen molar-refractivity contribution >= 4 is 5.91 Å². The van der Waals surface area contributed by atoms with Crippen molar-refractivity contribution in [2.45, 2.75) is 25.3 Å². The quantitative estimate of drug-likeness (QED) is 0.705. The average molecular weight is 234 g/mol. The molecule has 1 aliphatic rings. The van der Waals surface area contributed by atoms with Gasteiger partial charge < -0.3 is 16.2 Å². The molecule has 0 bridgehead atoms. The number of phenolic OH excluding ortho intramolecular Hbond substituents is 1. The largest absolute Gasteiger partial charge is 0.508 e. The van der Waals surface area contributed by atoms with Gasteiger partial charge in [0.25, 0.3) is 0 Å². The Labute approximate surface area is 101 Å². The fourth-order valence-corrected chi connectivity index (χ4v) is 1.68. The van der Waals surface area contributed by atoms with E-state index in [1.54, 1.807) is 24.3 Å². The van der Waals surface area contributed by atoms with Crippen LogP contribution in [0.15, 0.2) is 24.3 Å². The Kier molecular flexibility index (Phi) is 3.64. The van der Waals surface area contributed by atoms with Gasteiger partial charge in [0, 0.05) is 6.54 Å². The van der Waals surface area contributed by atoms with Crippen LogP contribution in [0.1, 0.15) is 18.4 Å². The number of carbonyl (C=O) groups excluding carboxylic acids is 1. The summed E-state index contributed by atoms with van der Waals surface area (Å²) in [6.07, 6.45) is 2.93. The minimum absolute atomic E-state index is 0.0926. The summed E-state index contributed by atoms with van der Waals surface area (Å²) in [4.78, 5) is 11.7. The molecule has 0 spiro atoms. The highest BCUT2D eigenvalue weighted by atomic mass is 16.3. The van der Waals surface area contributed by atoms with E-state index in [9.17, 15) is 4.79 Å². The van der Waals surface area contributed by atoms with Gasteiger partial charge in [0.15, 0.2) is 0 Å². The van der Waals surface area contributed by atoms with Crippen molar-refractivity contribution in [3.63, 3.8) is 0 Å². The van der Waals surface area contributed by atoms with Crippen LogP contribution in [0.5, 0.6) is 5.75 Å². The lowest BCUT2D eigenvalue weighted by Gasteiger charge is -2.12. The van der Waals surface area contributed by atoms with Crippen molar-refractivity contribution in [1.29, 1.82) is 0 Å². The molecule has 4 heteroatoms. The molecule has 1 unspecified atom stereocenters. The highest BCUT2D eigenvalue weighted by Gasteiger charge is 2.23. The molecule has 4 N–H and O–H groups in total. The van der Waals surface area contributed by atoms with E-state index in [2.05, 4.69) is 5.32 Å². The second kappa shape index (κ2) is 5.19. The molecule has 1 atom stereocenters. The molecule has 1 aromatic rings. The SMILES string of the molecule is NC(Cc1ccc(O)cc1)C(=O)NCC1CC1. The molecule has 0 aliphatic heterocycles. The predicted octanol–water partition coefficient (Wildman–Crippen LogP) is 0.788. The third-order valence-corrected chi connectivity index (χ3v) is 2.99. The molecule has 1 fully saturated rings. The number of rotatable bonds is 5. The van der Waals surface area contributed by atoms with Crippen molar-refractivity contribution in [2.75, 3.05) is 6.54 Å². The fourth-order valence-electron chi connectivity index (χ4n) is 1.68. The van der Waals surface area contributed by atoms with Crippen LogP contribution in [-0.2, 0) is 11.2 Å². The molecule has 0 aromatic heterocycles. The molecule has 92 valence electrons. The Hall–Kier alpha value is -1.55. The molecule has 1 saturated carbocycles. The second-order valence-electron chi connectivity index (χ2n) is 4.67. The first kappa shape index (κ1) is 11.9. The van der Waals surface area contributed by atoms with E-state index in [-0.39, 0.29) is 11.7 Å². The number of phenols is 1. The summed E-state index contributed by atoms with van der Waals surface area (Å²) in [5.74, 6) is 0.797. The minimum Gasteiger partial charge on any atom is -0.508 e. The van der Waals surface area contributed by atoms with Crippen molar-refractivity contribution in [1.82, 2.24) is 5.32 Å². The third kappa shape index (κ3) is 3.75. The van der Waals surface area contributed by atoms with Gasteiger partial charge in [0.05, 0.1) is 6.04 Å². The number of hydrogen-bond acceptors (Lipinski definition) is 3. The molecule has 2 rings (SSSR count). The van der Waals surface area contributed by atoms with Crippen LogP contribution >= 0.6 is 0 Å². The normalized spacial score (nSPS) is 16.5. The van der Waals surface area contributed by atoms with Gasteiger partial charge in [0.1, 0.15) is 5.75 Å². The molecule has 1 amide bonds. The van der Waals surface area contributed by atoms with E-state index in [1.807, 2.05) is 0 Å². The van der Waals surface area contributed by atoms with Crippen LogP contribution in [0.25, 0.3) is 0 Å². The Morgan fingerprint density at radius 3 is 2.65 bits per heavy atom.